The Bertz CT molecular complexity index is 1490. The molecule has 0 aliphatic carbocycles. The van der Waals surface area contributed by atoms with Crippen LogP contribution in [0.15, 0.2) is 98.4 Å². The fourth-order valence-electron chi connectivity index (χ4n) is 3.65. The van der Waals surface area contributed by atoms with Crippen LogP contribution in [0.1, 0.15) is 0 Å². The molecule has 200 valence electrons. The number of methoxy groups -OCH3 is 2. The van der Waals surface area contributed by atoms with Crippen molar-refractivity contribution in [2.24, 2.45) is 0 Å². The van der Waals surface area contributed by atoms with Gasteiger partial charge in [-0.05, 0) is 71.0 Å². The maximum Gasteiger partial charge on any atom is 0.313 e. The van der Waals surface area contributed by atoms with Gasteiger partial charge in [0.05, 0.1) is 14.2 Å². The van der Waals surface area contributed by atoms with Crippen molar-refractivity contribution in [3.63, 3.8) is 0 Å². The molecule has 38 heavy (non-hydrogen) atoms. The lowest BCUT2D eigenvalue weighted by Crippen LogP contribution is -2.19. The normalized spacial score (nSPS) is 12.3. The van der Waals surface area contributed by atoms with Crippen LogP contribution < -0.4 is 9.47 Å². The average Bonchev–Trinajstić information content (AvgIpc) is 2.94. The summed E-state index contributed by atoms with van der Waals surface area (Å²) >= 11 is 0. The van der Waals surface area contributed by atoms with E-state index < -0.39 is 54.4 Å². The van der Waals surface area contributed by atoms with Crippen molar-refractivity contribution in [1.29, 1.82) is 0 Å². The molecule has 4 aromatic rings. The predicted molar refractivity (Wildman–Crippen MR) is 129 cm³/mol. The van der Waals surface area contributed by atoms with E-state index in [0.29, 0.717) is 11.5 Å². The third-order valence-corrected chi connectivity index (χ3v) is 10.7. The van der Waals surface area contributed by atoms with Crippen molar-refractivity contribution >= 4 is 20.4 Å². The van der Waals surface area contributed by atoms with Gasteiger partial charge in [0.25, 0.3) is 0 Å². The first-order valence-corrected chi connectivity index (χ1v) is 13.7. The molecule has 12 heteroatoms. The highest BCUT2D eigenvalue weighted by molar-refractivity contribution is 8.33. The summed E-state index contributed by atoms with van der Waals surface area (Å²) in [6, 6.07) is 19.9. The third kappa shape index (κ3) is 4.70. The Morgan fingerprint density at radius 2 is 0.895 bits per heavy atom. The Morgan fingerprint density at radius 1 is 0.526 bits per heavy atom. The van der Waals surface area contributed by atoms with Crippen molar-refractivity contribution in [2.75, 3.05) is 14.2 Å². The molecular formula is C26H19F5O5S2. The van der Waals surface area contributed by atoms with E-state index in [1.807, 2.05) is 0 Å². The van der Waals surface area contributed by atoms with Crippen LogP contribution in [0, 0.1) is 29.1 Å². The van der Waals surface area contributed by atoms with Gasteiger partial charge in [0.1, 0.15) is 11.5 Å². The minimum absolute atomic E-state index is 0.224. The maximum atomic E-state index is 14.7. The topological polar surface area (TPSA) is 61.8 Å². The number of rotatable bonds is 8. The average molecular weight is 571 g/mol. The Morgan fingerprint density at radius 3 is 1.29 bits per heavy atom. The second-order valence-corrected chi connectivity index (χ2v) is 12.0. The zero-order valence-corrected chi connectivity index (χ0v) is 21.4. The van der Waals surface area contributed by atoms with Crippen LogP contribution in [0.25, 0.3) is 0 Å². The molecule has 0 N–H and O–H groups in total. The van der Waals surface area contributed by atoms with Gasteiger partial charge in [0, 0.05) is 14.7 Å². The first-order chi connectivity index (χ1) is 18.1. The van der Waals surface area contributed by atoms with E-state index in [9.17, 15) is 30.4 Å². The lowest BCUT2D eigenvalue weighted by Gasteiger charge is -2.39. The van der Waals surface area contributed by atoms with Crippen LogP contribution in [-0.2, 0) is 13.7 Å². The van der Waals surface area contributed by atoms with E-state index in [0.717, 1.165) is 0 Å². The van der Waals surface area contributed by atoms with Gasteiger partial charge in [-0.25, -0.2) is 25.6 Å². The van der Waals surface area contributed by atoms with Gasteiger partial charge in [-0.15, -0.1) is 0 Å². The van der Waals surface area contributed by atoms with Crippen molar-refractivity contribution < 1.29 is 43.5 Å². The van der Waals surface area contributed by atoms with Gasteiger partial charge in [-0.3, -0.25) is 0 Å². The molecule has 0 spiro atoms. The van der Waals surface area contributed by atoms with Gasteiger partial charge in [-0.2, -0.15) is 8.42 Å². The summed E-state index contributed by atoms with van der Waals surface area (Å²) in [6.45, 7) is 0. The summed E-state index contributed by atoms with van der Waals surface area (Å²) in [5.74, 6) is -11.6. The van der Waals surface area contributed by atoms with Gasteiger partial charge in [0.2, 0.25) is 5.82 Å². The second-order valence-electron chi connectivity index (χ2n) is 7.64. The first kappa shape index (κ1) is 27.4. The highest BCUT2D eigenvalue weighted by Gasteiger charge is 2.42. The largest absolute Gasteiger partial charge is 0.497 e. The number of benzene rings is 4. The molecule has 0 radical (unpaired) electrons. The molecule has 0 heterocycles. The highest BCUT2D eigenvalue weighted by atomic mass is 32.3. The van der Waals surface area contributed by atoms with Crippen LogP contribution >= 0.6 is 10.3 Å². The first-order valence-electron chi connectivity index (χ1n) is 10.7. The van der Waals surface area contributed by atoms with Crippen molar-refractivity contribution in [3.05, 3.63) is 108 Å². The monoisotopic (exact) mass is 570 g/mol. The molecule has 0 unspecified atom stereocenters. The zero-order valence-electron chi connectivity index (χ0n) is 19.8. The van der Waals surface area contributed by atoms with E-state index in [1.54, 1.807) is 18.2 Å². The smallest absolute Gasteiger partial charge is 0.313 e. The zero-order chi connectivity index (χ0) is 27.7. The summed E-state index contributed by atoms with van der Waals surface area (Å²) in [5.41, 5.74) is 0. The van der Waals surface area contributed by atoms with Crippen LogP contribution in [0.5, 0.6) is 11.5 Å². The number of ether oxygens (including phenoxy) is 2. The molecule has 0 aromatic heterocycles. The predicted octanol–water partition coefficient (Wildman–Crippen LogP) is 7.00. The molecule has 0 saturated heterocycles. The number of halogens is 5. The van der Waals surface area contributed by atoms with Crippen LogP contribution in [0.3, 0.4) is 0 Å². The summed E-state index contributed by atoms with van der Waals surface area (Å²) in [4.78, 5) is -1.39. The third-order valence-electron chi connectivity index (χ3n) is 5.47. The molecule has 4 aromatic carbocycles. The van der Waals surface area contributed by atoms with E-state index in [2.05, 4.69) is 0 Å². The van der Waals surface area contributed by atoms with Crippen molar-refractivity contribution in [2.45, 2.75) is 19.6 Å². The minimum Gasteiger partial charge on any atom is -0.497 e. The highest BCUT2D eigenvalue weighted by Crippen LogP contribution is 2.70. The molecule has 0 aliphatic heterocycles. The van der Waals surface area contributed by atoms with Gasteiger partial charge in [0.15, 0.2) is 28.2 Å². The lowest BCUT2D eigenvalue weighted by atomic mass is 10.3. The molecule has 0 bridgehead atoms. The number of hydrogen-bond donors (Lipinski definition) is 0. The summed E-state index contributed by atoms with van der Waals surface area (Å²) in [5, 5.41) is 0. The van der Waals surface area contributed by atoms with Gasteiger partial charge < -0.3 is 9.47 Å². The van der Waals surface area contributed by atoms with Crippen LogP contribution in [-0.4, -0.2) is 22.6 Å². The Kier molecular flexibility index (Phi) is 7.68. The summed E-state index contributed by atoms with van der Waals surface area (Å²) in [6.07, 6.45) is 0. The van der Waals surface area contributed by atoms with Gasteiger partial charge in [-0.1, -0.05) is 18.2 Å². The van der Waals surface area contributed by atoms with Crippen LogP contribution in [0.2, 0.25) is 0 Å². The molecular weight excluding hydrogens is 551 g/mol. The fourth-order valence-corrected chi connectivity index (χ4v) is 8.95. The lowest BCUT2D eigenvalue weighted by molar-refractivity contribution is 0.354. The molecule has 0 atom stereocenters. The van der Waals surface area contributed by atoms with E-state index >= 15 is 0 Å². The summed E-state index contributed by atoms with van der Waals surface area (Å²) < 4.78 is 114. The quantitative estimate of drug-likeness (QED) is 0.130. The van der Waals surface area contributed by atoms with E-state index in [4.69, 9.17) is 13.1 Å². The molecule has 0 fully saturated rings. The van der Waals surface area contributed by atoms with Crippen molar-refractivity contribution in [3.8, 4) is 11.5 Å². The maximum absolute atomic E-state index is 14.7. The van der Waals surface area contributed by atoms with E-state index in [1.165, 1.54) is 74.9 Å². The Balaban J connectivity index is 2.07. The van der Waals surface area contributed by atoms with Gasteiger partial charge >= 0.3 is 10.1 Å². The number of hydrogen-bond acceptors (Lipinski definition) is 5. The fraction of sp³-hybridized carbons (Fsp3) is 0.0769. The molecule has 0 aliphatic rings. The van der Waals surface area contributed by atoms with Crippen LogP contribution in [0.4, 0.5) is 22.0 Å². The Hall–Kier alpha value is -3.61. The Labute approximate surface area is 217 Å². The molecule has 0 saturated carbocycles. The second kappa shape index (κ2) is 10.6. The standard InChI is InChI=1S/C26H19F5O5S2/c1-34-16-8-12-19(13-9-16)37(18-6-4-3-5-7-18,20-14-10-17(35-2)11-15-20)36-38(32,33)26-24(30)22(28)21(27)23(29)25(26)31/h3-15H,1-2H3. The molecule has 4 rings (SSSR count). The minimum atomic E-state index is -5.64. The molecule has 0 amide bonds. The SMILES string of the molecule is COc1ccc(S(OS(=O)(=O)c2c(F)c(F)c(F)c(F)c2F)(c2ccccc2)c2ccc(OC)cc2)cc1. The summed E-state index contributed by atoms with van der Waals surface area (Å²) in [7, 11) is -6.23. The van der Waals surface area contributed by atoms with E-state index in [-0.39, 0.29) is 14.7 Å². The molecule has 5 nitrogen and oxygen atoms in total. The van der Waals surface area contributed by atoms with Crippen molar-refractivity contribution in [1.82, 2.24) is 0 Å².